The van der Waals surface area contributed by atoms with E-state index in [2.05, 4.69) is 29.7 Å². The molecule has 4 nitrogen and oxygen atoms in total. The monoisotopic (exact) mass is 412 g/mol. The smallest absolute Gasteiger partial charge is 0.196 e. The predicted octanol–water partition coefficient (Wildman–Crippen LogP) is 5.72. The summed E-state index contributed by atoms with van der Waals surface area (Å²) in [5.41, 5.74) is 4.61. The SMILES string of the molecule is CC(C)Nc1ccc(NC(C)CCc2ccccc2)c2c1C(=O)c1ccccc1C2=O. The first-order valence-corrected chi connectivity index (χ1v) is 10.9. The van der Waals surface area contributed by atoms with E-state index in [1.54, 1.807) is 24.3 Å². The summed E-state index contributed by atoms with van der Waals surface area (Å²) in [6.07, 6.45) is 1.86. The molecule has 0 fully saturated rings. The molecule has 158 valence electrons. The summed E-state index contributed by atoms with van der Waals surface area (Å²) in [6, 6.07) is 21.6. The highest BCUT2D eigenvalue weighted by Gasteiger charge is 2.34. The quantitative estimate of drug-likeness (QED) is 0.408. The lowest BCUT2D eigenvalue weighted by Gasteiger charge is -2.26. The van der Waals surface area contributed by atoms with Crippen molar-refractivity contribution < 1.29 is 9.59 Å². The summed E-state index contributed by atoms with van der Waals surface area (Å²) in [5.74, 6) is -0.204. The fourth-order valence-electron chi connectivity index (χ4n) is 4.14. The Morgan fingerprint density at radius 3 is 1.74 bits per heavy atom. The van der Waals surface area contributed by atoms with Crippen LogP contribution in [0.15, 0.2) is 66.7 Å². The molecule has 0 spiro atoms. The van der Waals surface area contributed by atoms with Crippen LogP contribution >= 0.6 is 0 Å². The van der Waals surface area contributed by atoms with Crippen molar-refractivity contribution in [2.45, 2.75) is 45.7 Å². The number of hydrogen-bond donors (Lipinski definition) is 2. The van der Waals surface area contributed by atoms with Gasteiger partial charge < -0.3 is 10.6 Å². The van der Waals surface area contributed by atoms with Crippen LogP contribution in [-0.2, 0) is 6.42 Å². The van der Waals surface area contributed by atoms with Gasteiger partial charge in [0.2, 0.25) is 0 Å². The molecule has 0 heterocycles. The summed E-state index contributed by atoms with van der Waals surface area (Å²) in [6.45, 7) is 6.15. The van der Waals surface area contributed by atoms with E-state index >= 15 is 0 Å². The van der Waals surface area contributed by atoms with Crippen LogP contribution < -0.4 is 10.6 Å². The molecule has 0 radical (unpaired) electrons. The highest BCUT2D eigenvalue weighted by molar-refractivity contribution is 6.31. The minimum Gasteiger partial charge on any atom is -0.382 e. The maximum Gasteiger partial charge on any atom is 0.196 e. The van der Waals surface area contributed by atoms with E-state index < -0.39 is 0 Å². The number of aryl methyl sites for hydroxylation is 1. The lowest BCUT2D eigenvalue weighted by Crippen LogP contribution is -2.27. The van der Waals surface area contributed by atoms with Crippen LogP contribution in [0, 0.1) is 0 Å². The van der Waals surface area contributed by atoms with Gasteiger partial charge in [-0.25, -0.2) is 0 Å². The van der Waals surface area contributed by atoms with Crippen molar-refractivity contribution in [1.29, 1.82) is 0 Å². The number of rotatable bonds is 7. The van der Waals surface area contributed by atoms with Crippen molar-refractivity contribution in [3.8, 4) is 0 Å². The van der Waals surface area contributed by atoms with Crippen molar-refractivity contribution in [3.63, 3.8) is 0 Å². The largest absolute Gasteiger partial charge is 0.382 e. The van der Waals surface area contributed by atoms with Crippen LogP contribution in [0.4, 0.5) is 11.4 Å². The molecule has 0 aliphatic heterocycles. The highest BCUT2D eigenvalue weighted by Crippen LogP contribution is 2.37. The van der Waals surface area contributed by atoms with Crippen molar-refractivity contribution in [1.82, 2.24) is 0 Å². The van der Waals surface area contributed by atoms with Crippen LogP contribution in [0.5, 0.6) is 0 Å². The van der Waals surface area contributed by atoms with Gasteiger partial charge in [0.15, 0.2) is 11.6 Å². The van der Waals surface area contributed by atoms with Gasteiger partial charge in [0.25, 0.3) is 0 Å². The molecule has 3 aromatic rings. The van der Waals surface area contributed by atoms with Crippen molar-refractivity contribution in [2.75, 3.05) is 10.6 Å². The van der Waals surface area contributed by atoms with Gasteiger partial charge in [0.1, 0.15) is 0 Å². The number of anilines is 2. The number of hydrogen-bond acceptors (Lipinski definition) is 4. The molecule has 2 N–H and O–H groups in total. The first-order chi connectivity index (χ1) is 15.0. The molecule has 0 saturated carbocycles. The van der Waals surface area contributed by atoms with Crippen LogP contribution in [0.25, 0.3) is 0 Å². The molecule has 4 rings (SSSR count). The Morgan fingerprint density at radius 1 is 0.677 bits per heavy atom. The molecule has 1 aliphatic carbocycles. The number of carbonyl (C=O) groups is 2. The minimum absolute atomic E-state index is 0.102. The molecular formula is C27H28N2O2. The molecule has 1 aliphatic rings. The molecular weight excluding hydrogens is 384 g/mol. The fourth-order valence-corrected chi connectivity index (χ4v) is 4.14. The highest BCUT2D eigenvalue weighted by atomic mass is 16.1. The minimum atomic E-state index is -0.103. The molecule has 4 heteroatoms. The Hall–Kier alpha value is -3.40. The molecule has 0 aromatic heterocycles. The second-order valence-corrected chi connectivity index (χ2v) is 8.48. The number of nitrogens with one attached hydrogen (secondary N) is 2. The van der Waals surface area contributed by atoms with Crippen LogP contribution in [0.2, 0.25) is 0 Å². The summed E-state index contributed by atoms with van der Waals surface area (Å²) >= 11 is 0. The van der Waals surface area contributed by atoms with E-state index in [1.165, 1.54) is 5.56 Å². The van der Waals surface area contributed by atoms with Crippen LogP contribution in [0.1, 0.15) is 64.6 Å². The zero-order valence-electron chi connectivity index (χ0n) is 18.2. The van der Waals surface area contributed by atoms with E-state index in [0.717, 1.165) is 18.5 Å². The first kappa shape index (κ1) is 20.9. The standard InChI is InChI=1S/C27H28N2O2/c1-17(2)28-22-15-16-23(29-18(3)13-14-19-9-5-4-6-10-19)25-24(22)26(30)20-11-7-8-12-21(20)27(25)31/h4-12,15-18,28-29H,13-14H2,1-3H3. The van der Waals surface area contributed by atoms with E-state index in [9.17, 15) is 9.59 Å². The lowest BCUT2D eigenvalue weighted by molar-refractivity contribution is 0.0980. The Kier molecular flexibility index (Phi) is 5.90. The van der Waals surface area contributed by atoms with Crippen molar-refractivity contribution in [2.24, 2.45) is 0 Å². The van der Waals surface area contributed by atoms with Crippen molar-refractivity contribution in [3.05, 3.63) is 94.5 Å². The Morgan fingerprint density at radius 2 is 1.19 bits per heavy atom. The third kappa shape index (κ3) is 4.24. The Labute approximate surface area is 183 Å². The summed E-state index contributed by atoms with van der Waals surface area (Å²) in [4.78, 5) is 26.8. The second-order valence-electron chi connectivity index (χ2n) is 8.48. The average Bonchev–Trinajstić information content (AvgIpc) is 2.77. The van der Waals surface area contributed by atoms with E-state index in [1.807, 2.05) is 44.2 Å². The first-order valence-electron chi connectivity index (χ1n) is 10.9. The van der Waals surface area contributed by atoms with Gasteiger partial charge in [-0.3, -0.25) is 9.59 Å². The molecule has 0 saturated heterocycles. The van der Waals surface area contributed by atoms with Crippen molar-refractivity contribution >= 4 is 22.9 Å². The van der Waals surface area contributed by atoms with Gasteiger partial charge in [0, 0.05) is 34.6 Å². The van der Waals surface area contributed by atoms with E-state index in [4.69, 9.17) is 0 Å². The Balaban J connectivity index is 1.68. The Bertz CT molecular complexity index is 1120. The van der Waals surface area contributed by atoms with Crippen LogP contribution in [0.3, 0.4) is 0 Å². The molecule has 0 amide bonds. The van der Waals surface area contributed by atoms with Gasteiger partial charge in [-0.2, -0.15) is 0 Å². The van der Waals surface area contributed by atoms with E-state index in [0.29, 0.717) is 27.9 Å². The maximum atomic E-state index is 13.5. The lowest BCUT2D eigenvalue weighted by atomic mass is 9.82. The van der Waals surface area contributed by atoms with Gasteiger partial charge in [-0.15, -0.1) is 0 Å². The van der Waals surface area contributed by atoms with Gasteiger partial charge in [-0.05, 0) is 51.3 Å². The third-order valence-electron chi connectivity index (χ3n) is 5.63. The normalized spacial score (nSPS) is 13.5. The number of fused-ring (bicyclic) bond motifs is 2. The molecule has 0 bridgehead atoms. The number of carbonyl (C=O) groups excluding carboxylic acids is 2. The van der Waals surface area contributed by atoms with E-state index in [-0.39, 0.29) is 23.7 Å². The van der Waals surface area contributed by atoms with Gasteiger partial charge >= 0.3 is 0 Å². The van der Waals surface area contributed by atoms with Crippen LogP contribution in [-0.4, -0.2) is 23.7 Å². The summed E-state index contributed by atoms with van der Waals surface area (Å²) in [5, 5.41) is 6.84. The average molecular weight is 413 g/mol. The number of benzene rings is 3. The maximum absolute atomic E-state index is 13.5. The molecule has 1 unspecified atom stereocenters. The zero-order valence-corrected chi connectivity index (χ0v) is 18.2. The van der Waals surface area contributed by atoms with Gasteiger partial charge in [-0.1, -0.05) is 54.6 Å². The molecule has 31 heavy (non-hydrogen) atoms. The second kappa shape index (κ2) is 8.76. The predicted molar refractivity (Wildman–Crippen MR) is 126 cm³/mol. The topological polar surface area (TPSA) is 58.2 Å². The third-order valence-corrected chi connectivity index (χ3v) is 5.63. The zero-order chi connectivity index (χ0) is 22.0. The molecule has 1 atom stereocenters. The van der Waals surface area contributed by atoms with Gasteiger partial charge in [0.05, 0.1) is 11.1 Å². The summed E-state index contributed by atoms with van der Waals surface area (Å²) in [7, 11) is 0. The summed E-state index contributed by atoms with van der Waals surface area (Å²) < 4.78 is 0. The molecule has 3 aromatic carbocycles. The number of ketones is 2. The fraction of sp³-hybridized carbons (Fsp3) is 0.259.